The monoisotopic (exact) mass is 251 g/mol. The average molecular weight is 251 g/mol. The van der Waals surface area contributed by atoms with Gasteiger partial charge in [0.25, 0.3) is 0 Å². The summed E-state index contributed by atoms with van der Waals surface area (Å²) in [5.41, 5.74) is 5.59. The molecule has 0 saturated carbocycles. The summed E-state index contributed by atoms with van der Waals surface area (Å²) < 4.78 is 5.11. The number of carbonyl (C=O) groups excluding carboxylic acids is 2. The van der Waals surface area contributed by atoms with Crippen LogP contribution in [0.4, 0.5) is 5.69 Å². The van der Waals surface area contributed by atoms with E-state index < -0.39 is 5.91 Å². The lowest BCUT2D eigenvalue weighted by Gasteiger charge is -2.10. The predicted molar refractivity (Wildman–Crippen MR) is 68.3 cm³/mol. The van der Waals surface area contributed by atoms with Gasteiger partial charge in [-0.3, -0.25) is 9.59 Å². The highest BCUT2D eigenvalue weighted by atomic mass is 16.5. The van der Waals surface area contributed by atoms with Crippen LogP contribution in [0.15, 0.2) is 24.3 Å². The molecule has 0 radical (unpaired) electrons. The van der Waals surface area contributed by atoms with Gasteiger partial charge in [0.2, 0.25) is 11.8 Å². The van der Waals surface area contributed by atoms with Crippen molar-refractivity contribution in [2.45, 2.75) is 6.42 Å². The van der Waals surface area contributed by atoms with Gasteiger partial charge in [0.15, 0.2) is 0 Å². The number of primary amides is 1. The van der Waals surface area contributed by atoms with Crippen molar-refractivity contribution < 1.29 is 14.3 Å². The minimum absolute atomic E-state index is 0.116. The molecule has 0 bridgehead atoms. The second-order valence-electron chi connectivity index (χ2n) is 3.64. The zero-order valence-electron chi connectivity index (χ0n) is 10.2. The zero-order chi connectivity index (χ0) is 13.4. The Morgan fingerprint density at radius 1 is 1.33 bits per heavy atom. The third-order valence-corrected chi connectivity index (χ3v) is 2.21. The number of ether oxygens (including phenoxy) is 1. The smallest absolute Gasteiger partial charge is 0.238 e. The minimum Gasteiger partial charge on any atom is -0.495 e. The van der Waals surface area contributed by atoms with Gasteiger partial charge in [0, 0.05) is 13.0 Å². The first-order valence-electron chi connectivity index (χ1n) is 5.55. The maximum atomic E-state index is 11.6. The number of nitrogens with two attached hydrogens (primary N) is 1. The van der Waals surface area contributed by atoms with Gasteiger partial charge in [-0.2, -0.15) is 0 Å². The fourth-order valence-electron chi connectivity index (χ4n) is 1.36. The average Bonchev–Trinajstić information content (AvgIpc) is 2.35. The topological polar surface area (TPSA) is 93.4 Å². The van der Waals surface area contributed by atoms with Crippen molar-refractivity contribution in [2.24, 2.45) is 5.73 Å². The van der Waals surface area contributed by atoms with E-state index in [0.29, 0.717) is 18.0 Å². The maximum absolute atomic E-state index is 11.6. The van der Waals surface area contributed by atoms with E-state index in [1.807, 2.05) is 6.07 Å². The van der Waals surface area contributed by atoms with E-state index in [4.69, 9.17) is 10.5 Å². The van der Waals surface area contributed by atoms with Crippen LogP contribution in [0, 0.1) is 0 Å². The largest absolute Gasteiger partial charge is 0.495 e. The summed E-state index contributed by atoms with van der Waals surface area (Å²) in [5.74, 6) is -0.000377. The van der Waals surface area contributed by atoms with E-state index in [1.165, 1.54) is 7.11 Å². The number of methoxy groups -OCH3 is 1. The van der Waals surface area contributed by atoms with Crippen LogP contribution in [-0.2, 0) is 9.59 Å². The molecule has 1 aromatic rings. The molecule has 1 aromatic carbocycles. The van der Waals surface area contributed by atoms with Crippen molar-refractivity contribution in [3.8, 4) is 5.75 Å². The zero-order valence-corrected chi connectivity index (χ0v) is 10.2. The number of benzene rings is 1. The van der Waals surface area contributed by atoms with E-state index in [2.05, 4.69) is 10.6 Å². The molecule has 18 heavy (non-hydrogen) atoms. The molecule has 0 unspecified atom stereocenters. The van der Waals surface area contributed by atoms with Gasteiger partial charge >= 0.3 is 0 Å². The van der Waals surface area contributed by atoms with E-state index in [9.17, 15) is 9.59 Å². The summed E-state index contributed by atoms with van der Waals surface area (Å²) in [6, 6.07) is 7.13. The van der Waals surface area contributed by atoms with Crippen molar-refractivity contribution >= 4 is 17.5 Å². The number of hydrogen-bond donors (Lipinski definition) is 3. The fourth-order valence-corrected chi connectivity index (χ4v) is 1.36. The van der Waals surface area contributed by atoms with Gasteiger partial charge in [-0.25, -0.2) is 0 Å². The molecule has 0 aromatic heterocycles. The molecule has 0 aliphatic rings. The molecule has 2 amide bonds. The van der Waals surface area contributed by atoms with Crippen molar-refractivity contribution in [1.82, 2.24) is 5.32 Å². The van der Waals surface area contributed by atoms with Crippen LogP contribution in [-0.4, -0.2) is 32.0 Å². The second kappa shape index (κ2) is 7.29. The van der Waals surface area contributed by atoms with Crippen LogP contribution < -0.4 is 21.1 Å². The Morgan fingerprint density at radius 3 is 2.72 bits per heavy atom. The van der Waals surface area contributed by atoms with Crippen molar-refractivity contribution in [2.75, 3.05) is 25.5 Å². The highest BCUT2D eigenvalue weighted by Crippen LogP contribution is 2.22. The van der Waals surface area contributed by atoms with Crippen molar-refractivity contribution in [1.29, 1.82) is 0 Å². The van der Waals surface area contributed by atoms with Crippen LogP contribution in [0.1, 0.15) is 6.42 Å². The Labute approximate surface area is 105 Å². The molecule has 0 atom stereocenters. The van der Waals surface area contributed by atoms with Gasteiger partial charge in [0.1, 0.15) is 5.75 Å². The SMILES string of the molecule is COc1ccccc1NC(=O)CNCCC(N)=O. The minimum atomic E-state index is -0.396. The summed E-state index contributed by atoms with van der Waals surface area (Å²) in [6.07, 6.45) is 0.210. The Balaban J connectivity index is 2.37. The molecule has 1 rings (SSSR count). The molecule has 6 heteroatoms. The first kappa shape index (κ1) is 14.0. The number of anilines is 1. The van der Waals surface area contributed by atoms with E-state index in [1.54, 1.807) is 18.2 Å². The van der Waals surface area contributed by atoms with Crippen LogP contribution in [0.2, 0.25) is 0 Å². The number of amides is 2. The summed E-state index contributed by atoms with van der Waals surface area (Å²) in [7, 11) is 1.54. The summed E-state index contributed by atoms with van der Waals surface area (Å²) in [6.45, 7) is 0.500. The third kappa shape index (κ3) is 4.84. The predicted octanol–water partition coefficient (Wildman–Crippen LogP) is 0.0987. The molecule has 0 aliphatic carbocycles. The second-order valence-corrected chi connectivity index (χ2v) is 3.64. The number of carbonyl (C=O) groups is 2. The van der Waals surface area contributed by atoms with Crippen molar-refractivity contribution in [3.05, 3.63) is 24.3 Å². The van der Waals surface area contributed by atoms with Gasteiger partial charge in [-0.05, 0) is 12.1 Å². The van der Waals surface area contributed by atoms with Crippen molar-refractivity contribution in [3.63, 3.8) is 0 Å². The van der Waals surface area contributed by atoms with Gasteiger partial charge in [-0.15, -0.1) is 0 Å². The molecule has 0 aliphatic heterocycles. The molecule has 4 N–H and O–H groups in total. The molecule has 0 spiro atoms. The first-order chi connectivity index (χ1) is 8.63. The van der Waals surface area contributed by atoms with E-state index in [0.717, 1.165) is 0 Å². The standard InChI is InChI=1S/C12H17N3O3/c1-18-10-5-3-2-4-9(10)15-12(17)8-14-7-6-11(13)16/h2-5,14H,6-8H2,1H3,(H2,13,16)(H,15,17). The number of nitrogens with one attached hydrogen (secondary N) is 2. The lowest BCUT2D eigenvalue weighted by atomic mass is 10.3. The number of hydrogen-bond acceptors (Lipinski definition) is 4. The normalized spacial score (nSPS) is 9.83. The molecule has 0 fully saturated rings. The summed E-state index contributed by atoms with van der Waals surface area (Å²) in [4.78, 5) is 22.1. The maximum Gasteiger partial charge on any atom is 0.238 e. The molecule has 98 valence electrons. The van der Waals surface area contributed by atoms with Crippen LogP contribution in [0.3, 0.4) is 0 Å². The van der Waals surface area contributed by atoms with E-state index in [-0.39, 0.29) is 18.9 Å². The van der Waals surface area contributed by atoms with Crippen LogP contribution in [0.25, 0.3) is 0 Å². The Kier molecular flexibility index (Phi) is 5.66. The molecule has 6 nitrogen and oxygen atoms in total. The van der Waals surface area contributed by atoms with Crippen LogP contribution >= 0.6 is 0 Å². The molecular weight excluding hydrogens is 234 g/mol. The van der Waals surface area contributed by atoms with Gasteiger partial charge in [0.05, 0.1) is 19.3 Å². The molecule has 0 saturated heterocycles. The third-order valence-electron chi connectivity index (χ3n) is 2.21. The van der Waals surface area contributed by atoms with Gasteiger partial charge in [-0.1, -0.05) is 12.1 Å². The lowest BCUT2D eigenvalue weighted by molar-refractivity contribution is -0.118. The number of para-hydroxylation sites is 2. The molecular formula is C12H17N3O3. The lowest BCUT2D eigenvalue weighted by Crippen LogP contribution is -2.30. The number of rotatable bonds is 7. The summed E-state index contributed by atoms with van der Waals surface area (Å²) in [5, 5.41) is 5.53. The Morgan fingerprint density at radius 2 is 2.06 bits per heavy atom. The van der Waals surface area contributed by atoms with Crippen LogP contribution in [0.5, 0.6) is 5.75 Å². The fraction of sp³-hybridized carbons (Fsp3) is 0.333. The summed E-state index contributed by atoms with van der Waals surface area (Å²) >= 11 is 0. The highest BCUT2D eigenvalue weighted by molar-refractivity contribution is 5.93. The van der Waals surface area contributed by atoms with E-state index >= 15 is 0 Å². The highest BCUT2D eigenvalue weighted by Gasteiger charge is 2.06. The first-order valence-corrected chi connectivity index (χ1v) is 5.55. The quantitative estimate of drug-likeness (QED) is 0.599. The Hall–Kier alpha value is -2.08. The van der Waals surface area contributed by atoms with Gasteiger partial charge < -0.3 is 21.1 Å². The molecule has 0 heterocycles. The Bertz CT molecular complexity index is 421.